The monoisotopic (exact) mass is 379 g/mol. The molecule has 1 atom stereocenters. The van der Waals surface area contributed by atoms with Crippen LogP contribution in [0.2, 0.25) is 0 Å². The van der Waals surface area contributed by atoms with Crippen LogP contribution in [0.25, 0.3) is 0 Å². The lowest BCUT2D eigenvalue weighted by Crippen LogP contribution is -2.38. The number of sulfonamides is 1. The number of nitrogens with zero attached hydrogens (tertiary/aromatic N) is 2. The molecular formula is C18H22FN3O3S. The number of piperidine rings is 1. The van der Waals surface area contributed by atoms with Crippen LogP contribution in [0.3, 0.4) is 0 Å². The summed E-state index contributed by atoms with van der Waals surface area (Å²) in [4.78, 5) is 12.5. The topological polar surface area (TPSA) is 71.4 Å². The number of aromatic nitrogens is 1. The minimum Gasteiger partial charge on any atom is -0.345 e. The van der Waals surface area contributed by atoms with Gasteiger partial charge in [-0.05, 0) is 43.0 Å². The van der Waals surface area contributed by atoms with Crippen LogP contribution in [0.5, 0.6) is 0 Å². The maximum absolute atomic E-state index is 13.3. The third kappa shape index (κ3) is 3.81. The van der Waals surface area contributed by atoms with E-state index >= 15 is 0 Å². The highest BCUT2D eigenvalue weighted by Crippen LogP contribution is 2.25. The molecule has 140 valence electrons. The molecule has 1 aliphatic rings. The summed E-state index contributed by atoms with van der Waals surface area (Å²) >= 11 is 0. The number of carbonyl (C=O) groups is 1. The zero-order chi connectivity index (χ0) is 18.9. The van der Waals surface area contributed by atoms with Gasteiger partial charge in [-0.15, -0.1) is 0 Å². The van der Waals surface area contributed by atoms with Gasteiger partial charge in [0, 0.05) is 32.0 Å². The molecule has 1 amide bonds. The first-order valence-electron chi connectivity index (χ1n) is 8.51. The van der Waals surface area contributed by atoms with Crippen molar-refractivity contribution in [2.45, 2.75) is 24.7 Å². The first kappa shape index (κ1) is 18.6. The molecule has 1 N–H and O–H groups in total. The van der Waals surface area contributed by atoms with Crippen LogP contribution < -0.4 is 5.32 Å². The second-order valence-electron chi connectivity index (χ2n) is 6.75. The van der Waals surface area contributed by atoms with E-state index in [-0.39, 0.29) is 10.6 Å². The Hall–Kier alpha value is -2.19. The number of nitrogens with one attached hydrogen (secondary N) is 1. The van der Waals surface area contributed by atoms with Gasteiger partial charge in [-0.3, -0.25) is 4.79 Å². The van der Waals surface area contributed by atoms with Crippen LogP contribution in [0.1, 0.15) is 30.3 Å². The Labute approximate surface area is 152 Å². The molecule has 0 bridgehead atoms. The van der Waals surface area contributed by atoms with Crippen molar-refractivity contribution in [3.05, 3.63) is 48.0 Å². The van der Waals surface area contributed by atoms with Crippen molar-refractivity contribution in [1.82, 2.24) is 8.87 Å². The molecular weight excluding hydrogens is 357 g/mol. The third-order valence-corrected chi connectivity index (χ3v) is 6.38. The van der Waals surface area contributed by atoms with Gasteiger partial charge < -0.3 is 9.88 Å². The molecule has 3 rings (SSSR count). The summed E-state index contributed by atoms with van der Waals surface area (Å²) in [5, 5.41) is 2.58. The first-order valence-corrected chi connectivity index (χ1v) is 9.95. The van der Waals surface area contributed by atoms with Crippen molar-refractivity contribution in [3.63, 3.8) is 0 Å². The first-order chi connectivity index (χ1) is 12.3. The highest BCUT2D eigenvalue weighted by molar-refractivity contribution is 7.89. The second-order valence-corrected chi connectivity index (χ2v) is 8.68. The molecule has 0 unspecified atom stereocenters. The minimum atomic E-state index is -3.64. The highest BCUT2D eigenvalue weighted by Gasteiger charge is 2.30. The second kappa shape index (κ2) is 7.20. The average Bonchev–Trinajstić information content (AvgIpc) is 2.97. The van der Waals surface area contributed by atoms with Gasteiger partial charge in [0.1, 0.15) is 16.4 Å². The van der Waals surface area contributed by atoms with Gasteiger partial charge in [0.2, 0.25) is 10.0 Å². The average molecular weight is 379 g/mol. The summed E-state index contributed by atoms with van der Waals surface area (Å²) in [5.74, 6) is -0.637. The molecule has 8 heteroatoms. The number of benzene rings is 1. The summed E-state index contributed by atoms with van der Waals surface area (Å²) in [6.45, 7) is 3.01. The summed E-state index contributed by atoms with van der Waals surface area (Å²) in [7, 11) is -2.03. The lowest BCUT2D eigenvalue weighted by atomic mass is 10.0. The van der Waals surface area contributed by atoms with Crippen molar-refractivity contribution >= 4 is 21.6 Å². The summed E-state index contributed by atoms with van der Waals surface area (Å²) < 4.78 is 41.9. The SMILES string of the molecule is C[C@H]1CCCN(S(=O)(=O)c2cc(C(=O)Nc3cccc(F)c3)n(C)c2)C1. The van der Waals surface area contributed by atoms with Gasteiger partial charge in [-0.2, -0.15) is 4.31 Å². The predicted molar refractivity (Wildman–Crippen MR) is 96.9 cm³/mol. The molecule has 6 nitrogen and oxygen atoms in total. The van der Waals surface area contributed by atoms with E-state index in [4.69, 9.17) is 0 Å². The van der Waals surface area contributed by atoms with Gasteiger partial charge in [0.15, 0.2) is 0 Å². The Balaban J connectivity index is 1.83. The number of amides is 1. The van der Waals surface area contributed by atoms with E-state index in [2.05, 4.69) is 5.32 Å². The van der Waals surface area contributed by atoms with Crippen molar-refractivity contribution < 1.29 is 17.6 Å². The number of rotatable bonds is 4. The zero-order valence-corrected chi connectivity index (χ0v) is 15.6. The lowest BCUT2D eigenvalue weighted by molar-refractivity contribution is 0.101. The molecule has 0 radical (unpaired) electrons. The maximum atomic E-state index is 13.3. The third-order valence-electron chi connectivity index (χ3n) is 4.55. The van der Waals surface area contributed by atoms with Crippen LogP contribution >= 0.6 is 0 Å². The van der Waals surface area contributed by atoms with Gasteiger partial charge in [0.05, 0.1) is 0 Å². The molecule has 1 aromatic carbocycles. The Bertz CT molecular complexity index is 924. The van der Waals surface area contributed by atoms with Gasteiger partial charge in [-0.25, -0.2) is 12.8 Å². The smallest absolute Gasteiger partial charge is 0.272 e. The van der Waals surface area contributed by atoms with Crippen molar-refractivity contribution in [3.8, 4) is 0 Å². The van der Waals surface area contributed by atoms with Crippen LogP contribution in [0.4, 0.5) is 10.1 Å². The largest absolute Gasteiger partial charge is 0.345 e. The normalized spacial score (nSPS) is 18.7. The molecule has 2 heterocycles. The van der Waals surface area contributed by atoms with Crippen LogP contribution in [-0.4, -0.2) is 36.3 Å². The van der Waals surface area contributed by atoms with Crippen molar-refractivity contribution in [2.75, 3.05) is 18.4 Å². The number of hydrogen-bond donors (Lipinski definition) is 1. The highest BCUT2D eigenvalue weighted by atomic mass is 32.2. The molecule has 1 saturated heterocycles. The van der Waals surface area contributed by atoms with E-state index in [1.807, 2.05) is 6.92 Å². The molecule has 0 saturated carbocycles. The fourth-order valence-electron chi connectivity index (χ4n) is 3.18. The molecule has 2 aromatic rings. The Morgan fingerprint density at radius 2 is 2.08 bits per heavy atom. The van der Waals surface area contributed by atoms with Crippen LogP contribution in [0, 0.1) is 11.7 Å². The molecule has 1 aromatic heterocycles. The Morgan fingerprint density at radius 3 is 2.77 bits per heavy atom. The van der Waals surface area contributed by atoms with Crippen molar-refractivity contribution in [1.29, 1.82) is 0 Å². The van der Waals surface area contributed by atoms with E-state index in [1.165, 1.54) is 39.3 Å². The predicted octanol–water partition coefficient (Wildman–Crippen LogP) is 2.84. The van der Waals surface area contributed by atoms with Crippen LogP contribution in [0.15, 0.2) is 41.4 Å². The maximum Gasteiger partial charge on any atom is 0.272 e. The number of halogens is 1. The summed E-state index contributed by atoms with van der Waals surface area (Å²) in [5.41, 5.74) is 0.503. The zero-order valence-electron chi connectivity index (χ0n) is 14.8. The summed E-state index contributed by atoms with van der Waals surface area (Å²) in [6.07, 6.45) is 3.29. The number of carbonyl (C=O) groups excluding carboxylic acids is 1. The van der Waals surface area contributed by atoms with Gasteiger partial charge >= 0.3 is 0 Å². The molecule has 1 aliphatic heterocycles. The van der Waals surface area contributed by atoms with E-state index in [0.29, 0.717) is 24.7 Å². The van der Waals surface area contributed by atoms with E-state index < -0.39 is 21.7 Å². The van der Waals surface area contributed by atoms with Gasteiger partial charge in [-0.1, -0.05) is 13.0 Å². The lowest BCUT2D eigenvalue weighted by Gasteiger charge is -2.29. The fraction of sp³-hybridized carbons (Fsp3) is 0.389. The van der Waals surface area contributed by atoms with Gasteiger partial charge in [0.25, 0.3) is 5.91 Å². The molecule has 0 aliphatic carbocycles. The molecule has 1 fully saturated rings. The Kier molecular flexibility index (Phi) is 5.15. The van der Waals surface area contributed by atoms with Crippen LogP contribution in [-0.2, 0) is 17.1 Å². The standard InChI is InChI=1S/C18H22FN3O3S/c1-13-5-4-8-22(11-13)26(24,25)16-10-17(21(2)12-16)18(23)20-15-7-3-6-14(19)9-15/h3,6-7,9-10,12-13H,4-5,8,11H2,1-2H3,(H,20,23)/t13-/m0/s1. The summed E-state index contributed by atoms with van der Waals surface area (Å²) in [6, 6.07) is 6.90. The van der Waals surface area contributed by atoms with E-state index in [1.54, 1.807) is 13.1 Å². The number of hydrogen-bond acceptors (Lipinski definition) is 3. The Morgan fingerprint density at radius 1 is 1.31 bits per heavy atom. The van der Waals surface area contributed by atoms with Crippen molar-refractivity contribution in [2.24, 2.45) is 13.0 Å². The number of aryl methyl sites for hydroxylation is 1. The quantitative estimate of drug-likeness (QED) is 0.888. The fourth-order valence-corrected chi connectivity index (χ4v) is 4.85. The molecule has 26 heavy (non-hydrogen) atoms. The minimum absolute atomic E-state index is 0.0958. The number of anilines is 1. The van der Waals surface area contributed by atoms with E-state index in [0.717, 1.165) is 12.8 Å². The molecule has 0 spiro atoms. The van der Waals surface area contributed by atoms with E-state index in [9.17, 15) is 17.6 Å².